The highest BCUT2D eigenvalue weighted by Crippen LogP contribution is 2.27. The second kappa shape index (κ2) is 11.3. The number of rotatable bonds is 9. The summed E-state index contributed by atoms with van der Waals surface area (Å²) in [6.45, 7) is 1.98. The molecule has 0 fully saturated rings. The van der Waals surface area contributed by atoms with Crippen molar-refractivity contribution in [3.63, 3.8) is 0 Å². The van der Waals surface area contributed by atoms with E-state index in [-0.39, 0.29) is 18.4 Å². The van der Waals surface area contributed by atoms with Crippen molar-refractivity contribution in [1.29, 1.82) is 0 Å². The number of aromatic nitrogens is 2. The molecule has 1 atom stereocenters. The number of carboxylic acid groups (broad SMARTS) is 1. The van der Waals surface area contributed by atoms with E-state index < -0.39 is 5.97 Å². The molecule has 0 saturated heterocycles. The van der Waals surface area contributed by atoms with Gasteiger partial charge in [-0.15, -0.1) is 0 Å². The van der Waals surface area contributed by atoms with Crippen LogP contribution in [-0.4, -0.2) is 38.9 Å². The Labute approximate surface area is 215 Å². The first-order chi connectivity index (χ1) is 17.3. The van der Waals surface area contributed by atoms with E-state index in [0.717, 1.165) is 22.5 Å². The quantitative estimate of drug-likeness (QED) is 0.262. The molecule has 1 aromatic heterocycles. The number of unbranched alkanes of at least 4 members (excludes halogenated alkanes) is 1. The number of fused-ring (bicyclic) bond motifs is 1. The van der Waals surface area contributed by atoms with Gasteiger partial charge in [-0.25, -0.2) is 9.97 Å². The molecule has 0 saturated carbocycles. The highest BCUT2D eigenvalue weighted by Gasteiger charge is 2.20. The maximum Gasteiger partial charge on any atom is 0.303 e. The molecule has 3 aromatic carbocycles. The average molecular weight is 502 g/mol. The van der Waals surface area contributed by atoms with E-state index in [9.17, 15) is 9.59 Å². The van der Waals surface area contributed by atoms with Crippen LogP contribution in [0, 0.1) is 0 Å². The van der Waals surface area contributed by atoms with E-state index in [1.807, 2.05) is 67.6 Å². The topological polar surface area (TPSA) is 83.4 Å². The Morgan fingerprint density at radius 1 is 0.944 bits per heavy atom. The number of nitrogens with zero attached hydrogens (tertiary/aromatic N) is 3. The van der Waals surface area contributed by atoms with Gasteiger partial charge in [0.15, 0.2) is 0 Å². The van der Waals surface area contributed by atoms with Crippen LogP contribution in [0.3, 0.4) is 0 Å². The van der Waals surface area contributed by atoms with E-state index in [4.69, 9.17) is 26.7 Å². The van der Waals surface area contributed by atoms with Crippen LogP contribution < -0.4 is 0 Å². The Kier molecular flexibility index (Phi) is 7.96. The van der Waals surface area contributed by atoms with Crippen molar-refractivity contribution in [1.82, 2.24) is 14.9 Å². The molecule has 0 aliphatic carbocycles. The fraction of sp³-hybridized carbons (Fsp3) is 0.241. The summed E-state index contributed by atoms with van der Waals surface area (Å²) in [6.07, 6.45) is 1.98. The van der Waals surface area contributed by atoms with E-state index in [2.05, 4.69) is 0 Å². The fourth-order valence-electron chi connectivity index (χ4n) is 4.14. The maximum atomic E-state index is 13.3. The number of aryl methyl sites for hydroxylation is 1. The third kappa shape index (κ3) is 5.89. The van der Waals surface area contributed by atoms with E-state index >= 15 is 0 Å². The number of carboxylic acids is 1. The number of aliphatic carboxylic acids is 1. The summed E-state index contributed by atoms with van der Waals surface area (Å²) in [7, 11) is 1.78. The number of halogens is 1. The average Bonchev–Trinajstić information content (AvgIpc) is 2.90. The van der Waals surface area contributed by atoms with Crippen molar-refractivity contribution >= 4 is 34.5 Å². The molecule has 184 valence electrons. The first-order valence-corrected chi connectivity index (χ1v) is 12.3. The normalized spacial score (nSPS) is 11.9. The number of amides is 1. The van der Waals surface area contributed by atoms with E-state index in [1.54, 1.807) is 24.1 Å². The molecule has 4 rings (SSSR count). The SMILES string of the molecule is C[C@@H](c1ccc(Cl)cc1)N(C)C(=O)c1ccc2nc(-c3ccccc3)c(CCCCC(=O)O)nc2c1. The van der Waals surface area contributed by atoms with Gasteiger partial charge in [-0.05, 0) is 62.1 Å². The Morgan fingerprint density at radius 3 is 2.36 bits per heavy atom. The second-order valence-electron chi connectivity index (χ2n) is 8.83. The zero-order valence-electron chi connectivity index (χ0n) is 20.3. The minimum atomic E-state index is -0.803. The van der Waals surface area contributed by atoms with Crippen LogP contribution in [0.1, 0.15) is 53.8 Å². The lowest BCUT2D eigenvalue weighted by Crippen LogP contribution is -2.29. The molecule has 0 aliphatic rings. The van der Waals surface area contributed by atoms with Crippen molar-refractivity contribution in [2.24, 2.45) is 0 Å². The molecule has 4 aromatic rings. The maximum absolute atomic E-state index is 13.3. The molecule has 0 unspecified atom stereocenters. The Balaban J connectivity index is 1.64. The van der Waals surface area contributed by atoms with Crippen molar-refractivity contribution < 1.29 is 14.7 Å². The summed E-state index contributed by atoms with van der Waals surface area (Å²) < 4.78 is 0. The summed E-state index contributed by atoms with van der Waals surface area (Å²) >= 11 is 6.01. The molecule has 6 nitrogen and oxygen atoms in total. The van der Waals surface area contributed by atoms with Gasteiger partial charge in [-0.2, -0.15) is 0 Å². The lowest BCUT2D eigenvalue weighted by molar-refractivity contribution is -0.137. The van der Waals surface area contributed by atoms with Gasteiger partial charge in [-0.3, -0.25) is 9.59 Å². The van der Waals surface area contributed by atoms with Crippen molar-refractivity contribution in [3.8, 4) is 11.3 Å². The zero-order valence-corrected chi connectivity index (χ0v) is 21.1. The van der Waals surface area contributed by atoms with Crippen molar-refractivity contribution in [2.45, 2.75) is 38.6 Å². The second-order valence-corrected chi connectivity index (χ2v) is 9.27. The monoisotopic (exact) mass is 501 g/mol. The molecule has 7 heteroatoms. The summed E-state index contributed by atoms with van der Waals surface area (Å²) in [4.78, 5) is 35.7. The van der Waals surface area contributed by atoms with Crippen LogP contribution in [0.4, 0.5) is 0 Å². The van der Waals surface area contributed by atoms with Crippen LogP contribution in [0.2, 0.25) is 5.02 Å². The predicted molar refractivity (Wildman–Crippen MR) is 142 cm³/mol. The van der Waals surface area contributed by atoms with Crippen molar-refractivity contribution in [2.75, 3.05) is 7.05 Å². The molecule has 1 N–H and O–H groups in total. The van der Waals surface area contributed by atoms with Crippen LogP contribution in [0.25, 0.3) is 22.3 Å². The Bertz CT molecular complexity index is 1370. The number of carbonyl (C=O) groups excluding carboxylic acids is 1. The lowest BCUT2D eigenvalue weighted by atomic mass is 10.0. The van der Waals surface area contributed by atoms with Gasteiger partial charge in [0, 0.05) is 29.6 Å². The van der Waals surface area contributed by atoms with Gasteiger partial charge < -0.3 is 10.0 Å². The highest BCUT2D eigenvalue weighted by atomic mass is 35.5. The van der Waals surface area contributed by atoms with Gasteiger partial charge in [-0.1, -0.05) is 54.1 Å². The number of hydrogen-bond acceptors (Lipinski definition) is 4. The summed E-state index contributed by atoms with van der Waals surface area (Å²) in [5.41, 5.74) is 5.40. The number of benzene rings is 3. The highest BCUT2D eigenvalue weighted by molar-refractivity contribution is 6.30. The van der Waals surface area contributed by atoms with Gasteiger partial charge in [0.05, 0.1) is 28.5 Å². The molecule has 0 bridgehead atoms. The summed E-state index contributed by atoms with van der Waals surface area (Å²) in [6, 6.07) is 22.6. The van der Waals surface area contributed by atoms with E-state index in [0.29, 0.717) is 40.9 Å². The minimum absolute atomic E-state index is 0.115. The molecule has 0 spiro atoms. The molecular weight excluding hydrogens is 474 g/mol. The predicted octanol–water partition coefficient (Wildman–Crippen LogP) is 6.58. The standard InChI is InChI=1S/C29H28ClN3O3/c1-19(20-12-15-23(30)16-13-20)33(2)29(36)22-14-17-24-26(18-22)31-25(10-6-7-11-27(34)35)28(32-24)21-8-4-3-5-9-21/h3-5,8-9,12-19H,6-7,10-11H2,1-2H3,(H,34,35)/t19-/m0/s1. The van der Waals surface area contributed by atoms with E-state index in [1.165, 1.54) is 0 Å². The largest absolute Gasteiger partial charge is 0.481 e. The van der Waals surface area contributed by atoms with Crippen molar-refractivity contribution in [3.05, 3.63) is 94.6 Å². The molecule has 0 aliphatic heterocycles. The summed E-state index contributed by atoms with van der Waals surface area (Å²) in [5, 5.41) is 9.62. The molecule has 1 amide bonds. The number of hydrogen-bond donors (Lipinski definition) is 1. The molecule has 36 heavy (non-hydrogen) atoms. The van der Waals surface area contributed by atoms with Gasteiger partial charge in [0.1, 0.15) is 0 Å². The molecule has 1 heterocycles. The van der Waals surface area contributed by atoms with Gasteiger partial charge >= 0.3 is 5.97 Å². The lowest BCUT2D eigenvalue weighted by Gasteiger charge is -2.25. The molecular formula is C29H28ClN3O3. The fourth-order valence-corrected chi connectivity index (χ4v) is 4.26. The third-order valence-electron chi connectivity index (χ3n) is 6.34. The Morgan fingerprint density at radius 2 is 1.67 bits per heavy atom. The number of carbonyl (C=O) groups is 2. The zero-order chi connectivity index (χ0) is 25.7. The van der Waals surface area contributed by atoms with Crippen LogP contribution >= 0.6 is 11.6 Å². The first kappa shape index (κ1) is 25.3. The Hall–Kier alpha value is -3.77. The van der Waals surface area contributed by atoms with Crippen LogP contribution in [0.5, 0.6) is 0 Å². The van der Waals surface area contributed by atoms with Crippen LogP contribution in [-0.2, 0) is 11.2 Å². The van der Waals surface area contributed by atoms with Crippen LogP contribution in [0.15, 0.2) is 72.8 Å². The smallest absolute Gasteiger partial charge is 0.303 e. The molecule has 0 radical (unpaired) electrons. The van der Waals surface area contributed by atoms with Gasteiger partial charge in [0.2, 0.25) is 0 Å². The summed E-state index contributed by atoms with van der Waals surface area (Å²) in [5.74, 6) is -0.917. The minimum Gasteiger partial charge on any atom is -0.481 e. The third-order valence-corrected chi connectivity index (χ3v) is 6.59. The van der Waals surface area contributed by atoms with Gasteiger partial charge in [0.25, 0.3) is 5.91 Å². The first-order valence-electron chi connectivity index (χ1n) is 11.9.